The number of halogens is 1. The quantitative estimate of drug-likeness (QED) is 0.585. The van der Waals surface area contributed by atoms with Crippen LogP contribution in [0.3, 0.4) is 0 Å². The van der Waals surface area contributed by atoms with Gasteiger partial charge in [-0.25, -0.2) is 0 Å². The van der Waals surface area contributed by atoms with Gasteiger partial charge in [0.25, 0.3) is 0 Å². The molecule has 0 saturated heterocycles. The molecule has 1 aromatic rings. The zero-order chi connectivity index (χ0) is 11.2. The molecule has 0 atom stereocenters. The van der Waals surface area contributed by atoms with Crippen LogP contribution in [0.5, 0.6) is 0 Å². The molecule has 0 radical (unpaired) electrons. The minimum atomic E-state index is 0.0481. The van der Waals surface area contributed by atoms with Gasteiger partial charge in [0.2, 0.25) is 0 Å². The van der Waals surface area contributed by atoms with Crippen LogP contribution >= 0.6 is 11.6 Å². The Morgan fingerprint density at radius 1 is 1.47 bits per heavy atom. The molecule has 1 aromatic carbocycles. The maximum Gasteiger partial charge on any atom is 0.130 e. The second kappa shape index (κ2) is 3.53. The molecule has 1 aliphatic carbocycles. The molecule has 80 valence electrons. The minimum Gasteiger partial charge on any atom is -0.398 e. The van der Waals surface area contributed by atoms with Crippen molar-refractivity contribution in [2.75, 3.05) is 5.73 Å². The summed E-state index contributed by atoms with van der Waals surface area (Å²) in [5.41, 5.74) is 10.9. The number of rotatable bonds is 2. The predicted molar refractivity (Wildman–Crippen MR) is 65.0 cm³/mol. The highest BCUT2D eigenvalue weighted by Crippen LogP contribution is 2.44. The number of hydrogen-bond acceptors (Lipinski definition) is 2. The number of nitrogen functional groups attached to an aromatic ring is 1. The van der Waals surface area contributed by atoms with E-state index in [1.807, 2.05) is 13.0 Å². The van der Waals surface area contributed by atoms with Gasteiger partial charge in [0.15, 0.2) is 0 Å². The van der Waals surface area contributed by atoms with E-state index in [-0.39, 0.29) is 5.17 Å². The highest BCUT2D eigenvalue weighted by atomic mass is 35.5. The third kappa shape index (κ3) is 1.74. The van der Waals surface area contributed by atoms with E-state index in [1.165, 1.54) is 24.0 Å². The lowest BCUT2D eigenvalue weighted by atomic mass is 9.93. The maximum atomic E-state index is 7.53. The standard InChI is InChI=1S/C12H15ClN2/c1-6-5-9(14)11(12(13)15)7(2)10(6)8-3-4-8/h5,8,15H,3-4,14H2,1-2H3. The Kier molecular flexibility index (Phi) is 2.47. The largest absolute Gasteiger partial charge is 0.398 e. The van der Waals surface area contributed by atoms with E-state index in [2.05, 4.69) is 6.92 Å². The second-order valence-corrected chi connectivity index (χ2v) is 4.66. The summed E-state index contributed by atoms with van der Waals surface area (Å²) in [4.78, 5) is 0. The Morgan fingerprint density at radius 3 is 2.53 bits per heavy atom. The molecule has 0 unspecified atom stereocenters. The van der Waals surface area contributed by atoms with E-state index in [1.54, 1.807) is 0 Å². The van der Waals surface area contributed by atoms with Crippen molar-refractivity contribution in [2.24, 2.45) is 0 Å². The Balaban J connectivity index is 2.65. The summed E-state index contributed by atoms with van der Waals surface area (Å²) >= 11 is 5.77. The molecule has 15 heavy (non-hydrogen) atoms. The SMILES string of the molecule is Cc1cc(N)c(C(=N)Cl)c(C)c1C1CC1. The first kappa shape index (κ1) is 10.5. The summed E-state index contributed by atoms with van der Waals surface area (Å²) in [6.45, 7) is 4.10. The second-order valence-electron chi connectivity index (χ2n) is 4.28. The molecule has 3 heteroatoms. The van der Waals surface area contributed by atoms with E-state index in [4.69, 9.17) is 22.7 Å². The van der Waals surface area contributed by atoms with E-state index in [9.17, 15) is 0 Å². The summed E-state index contributed by atoms with van der Waals surface area (Å²) < 4.78 is 0. The van der Waals surface area contributed by atoms with Crippen molar-refractivity contribution in [3.05, 3.63) is 28.3 Å². The molecule has 1 saturated carbocycles. The van der Waals surface area contributed by atoms with Crippen LogP contribution in [0.2, 0.25) is 0 Å². The Morgan fingerprint density at radius 2 is 2.07 bits per heavy atom. The molecule has 1 aliphatic rings. The first-order valence-corrected chi connectivity index (χ1v) is 5.54. The number of hydrogen-bond donors (Lipinski definition) is 2. The molecule has 0 aliphatic heterocycles. The van der Waals surface area contributed by atoms with Gasteiger partial charge in [-0.2, -0.15) is 0 Å². The predicted octanol–water partition coefficient (Wildman–Crippen LogP) is 3.33. The highest BCUT2D eigenvalue weighted by Gasteiger charge is 2.28. The monoisotopic (exact) mass is 222 g/mol. The van der Waals surface area contributed by atoms with Crippen molar-refractivity contribution in [1.29, 1.82) is 5.41 Å². The molecule has 0 heterocycles. The van der Waals surface area contributed by atoms with Crippen LogP contribution in [0, 0.1) is 19.3 Å². The molecule has 0 aromatic heterocycles. The van der Waals surface area contributed by atoms with Gasteiger partial charge in [-0.3, -0.25) is 5.41 Å². The van der Waals surface area contributed by atoms with E-state index >= 15 is 0 Å². The first-order chi connectivity index (χ1) is 7.02. The minimum absolute atomic E-state index is 0.0481. The fraction of sp³-hybridized carbons (Fsp3) is 0.417. The topological polar surface area (TPSA) is 49.9 Å². The van der Waals surface area contributed by atoms with Gasteiger partial charge in [0, 0.05) is 11.3 Å². The van der Waals surface area contributed by atoms with E-state index < -0.39 is 0 Å². The number of nitrogens with two attached hydrogens (primary N) is 1. The summed E-state index contributed by atoms with van der Waals surface area (Å²) in [6, 6.07) is 1.94. The van der Waals surface area contributed by atoms with Crippen LogP contribution in [0.25, 0.3) is 0 Å². The lowest BCUT2D eigenvalue weighted by Crippen LogP contribution is -2.05. The van der Waals surface area contributed by atoms with Crippen LogP contribution in [-0.4, -0.2) is 5.17 Å². The number of nitrogens with one attached hydrogen (secondary N) is 1. The van der Waals surface area contributed by atoms with Crippen LogP contribution < -0.4 is 5.73 Å². The van der Waals surface area contributed by atoms with Gasteiger partial charge in [-0.05, 0) is 55.4 Å². The smallest absolute Gasteiger partial charge is 0.130 e. The Hall–Kier alpha value is -1.02. The Bertz CT molecular complexity index is 434. The van der Waals surface area contributed by atoms with Crippen LogP contribution in [-0.2, 0) is 0 Å². The van der Waals surface area contributed by atoms with Gasteiger partial charge in [-0.1, -0.05) is 11.6 Å². The van der Waals surface area contributed by atoms with Crippen molar-refractivity contribution < 1.29 is 0 Å². The van der Waals surface area contributed by atoms with E-state index in [0.717, 1.165) is 5.56 Å². The third-order valence-electron chi connectivity index (χ3n) is 3.07. The van der Waals surface area contributed by atoms with Gasteiger partial charge in [0.05, 0.1) is 0 Å². The molecule has 0 amide bonds. The molecule has 1 fully saturated rings. The van der Waals surface area contributed by atoms with Crippen LogP contribution in [0.15, 0.2) is 6.07 Å². The van der Waals surface area contributed by atoms with Gasteiger partial charge in [0.1, 0.15) is 5.17 Å². The summed E-state index contributed by atoms with van der Waals surface area (Å²) in [5.74, 6) is 0.667. The van der Waals surface area contributed by atoms with Crippen LogP contribution in [0.4, 0.5) is 5.69 Å². The highest BCUT2D eigenvalue weighted by molar-refractivity contribution is 6.69. The summed E-state index contributed by atoms with van der Waals surface area (Å²) in [7, 11) is 0. The average molecular weight is 223 g/mol. The number of anilines is 1. The maximum absolute atomic E-state index is 7.53. The van der Waals surface area contributed by atoms with Crippen molar-refractivity contribution in [1.82, 2.24) is 0 Å². The number of benzene rings is 1. The lowest BCUT2D eigenvalue weighted by molar-refractivity contribution is 1.07. The molecule has 0 bridgehead atoms. The lowest BCUT2D eigenvalue weighted by Gasteiger charge is -2.15. The normalized spacial score (nSPS) is 15.4. The zero-order valence-electron chi connectivity index (χ0n) is 9.02. The zero-order valence-corrected chi connectivity index (χ0v) is 9.78. The van der Waals surface area contributed by atoms with Crippen LogP contribution in [0.1, 0.15) is 41.0 Å². The van der Waals surface area contributed by atoms with Crippen molar-refractivity contribution in [2.45, 2.75) is 32.6 Å². The molecular formula is C12H15ClN2. The fourth-order valence-corrected chi connectivity index (χ4v) is 2.57. The molecule has 3 N–H and O–H groups in total. The molecule has 0 spiro atoms. The average Bonchev–Trinajstić information content (AvgIpc) is 2.85. The van der Waals surface area contributed by atoms with Gasteiger partial charge < -0.3 is 5.73 Å². The Labute approximate surface area is 94.9 Å². The van der Waals surface area contributed by atoms with Crippen molar-refractivity contribution >= 4 is 22.5 Å². The summed E-state index contributed by atoms with van der Waals surface area (Å²) in [6.07, 6.45) is 2.50. The molecule has 2 nitrogen and oxygen atoms in total. The van der Waals surface area contributed by atoms with Crippen molar-refractivity contribution in [3.63, 3.8) is 0 Å². The van der Waals surface area contributed by atoms with Gasteiger partial charge in [-0.15, -0.1) is 0 Å². The third-order valence-corrected chi connectivity index (χ3v) is 3.26. The molecule has 2 rings (SSSR count). The summed E-state index contributed by atoms with van der Waals surface area (Å²) in [5, 5.41) is 7.58. The van der Waals surface area contributed by atoms with Gasteiger partial charge >= 0.3 is 0 Å². The van der Waals surface area contributed by atoms with E-state index in [0.29, 0.717) is 17.2 Å². The molecular weight excluding hydrogens is 208 g/mol. The first-order valence-electron chi connectivity index (χ1n) is 5.16. The number of aryl methyl sites for hydroxylation is 1. The fourth-order valence-electron chi connectivity index (χ4n) is 2.32. The van der Waals surface area contributed by atoms with Crippen molar-refractivity contribution in [3.8, 4) is 0 Å².